The van der Waals surface area contributed by atoms with Crippen molar-refractivity contribution in [2.75, 3.05) is 13.7 Å². The number of phenols is 6. The molecule has 0 aliphatic heterocycles. The van der Waals surface area contributed by atoms with Gasteiger partial charge in [-0.15, -0.1) is 0 Å². The monoisotopic (exact) mass is 488 g/mol. The highest BCUT2D eigenvalue weighted by molar-refractivity contribution is 5.95. The first-order chi connectivity index (χ1) is 16.5. The van der Waals surface area contributed by atoms with E-state index < -0.39 is 58.3 Å². The highest BCUT2D eigenvalue weighted by atomic mass is 16.5. The molecule has 35 heavy (non-hydrogen) atoms. The van der Waals surface area contributed by atoms with Crippen molar-refractivity contribution in [2.45, 2.75) is 12.5 Å². The number of hydrogen-bond donors (Lipinski definition) is 8. The van der Waals surface area contributed by atoms with E-state index in [0.717, 1.165) is 43.5 Å². The number of ether oxygens (including phenoxy) is 1. The summed E-state index contributed by atoms with van der Waals surface area (Å²) in [6.07, 6.45) is 4.62. The van der Waals surface area contributed by atoms with E-state index in [4.69, 9.17) is 0 Å². The Balaban J connectivity index is 1.93. The molecule has 0 fully saturated rings. The molecule has 0 saturated heterocycles. The van der Waals surface area contributed by atoms with Crippen LogP contribution in [-0.2, 0) is 19.1 Å². The number of nitrogens with one attached hydrogen (secondary N) is 2. The Morgan fingerprint density at radius 1 is 0.800 bits per heavy atom. The van der Waals surface area contributed by atoms with Crippen molar-refractivity contribution >= 4 is 29.9 Å². The van der Waals surface area contributed by atoms with Crippen molar-refractivity contribution < 1.29 is 49.8 Å². The van der Waals surface area contributed by atoms with E-state index in [0.29, 0.717) is 0 Å². The summed E-state index contributed by atoms with van der Waals surface area (Å²) >= 11 is 0. The lowest BCUT2D eigenvalue weighted by Crippen LogP contribution is -2.43. The van der Waals surface area contributed by atoms with E-state index in [1.165, 1.54) is 12.2 Å². The summed E-state index contributed by atoms with van der Waals surface area (Å²) in [6, 6.07) is 3.39. The molecule has 0 bridgehead atoms. The first kappa shape index (κ1) is 26.4. The van der Waals surface area contributed by atoms with Crippen LogP contribution < -0.4 is 10.6 Å². The number of methoxy groups -OCH3 is 1. The fraction of sp³-hybridized carbons (Fsp3) is 0.174. The molecule has 12 heteroatoms. The Labute approximate surface area is 199 Å². The summed E-state index contributed by atoms with van der Waals surface area (Å²) in [5, 5.41) is 61.5. The average molecular weight is 488 g/mol. The van der Waals surface area contributed by atoms with Gasteiger partial charge in [0.2, 0.25) is 11.8 Å². The predicted molar refractivity (Wildman–Crippen MR) is 123 cm³/mol. The minimum absolute atomic E-state index is 0.0204. The summed E-state index contributed by atoms with van der Waals surface area (Å²) in [5.41, 5.74) is 0.451. The molecular weight excluding hydrogens is 464 g/mol. The van der Waals surface area contributed by atoms with Crippen LogP contribution in [0.5, 0.6) is 34.5 Å². The van der Waals surface area contributed by atoms with Crippen LogP contribution in [0.3, 0.4) is 0 Å². The molecule has 0 radical (unpaired) electrons. The van der Waals surface area contributed by atoms with E-state index in [9.17, 15) is 45.0 Å². The van der Waals surface area contributed by atoms with Crippen molar-refractivity contribution in [3.8, 4) is 34.5 Å². The molecule has 12 nitrogen and oxygen atoms in total. The molecule has 2 amide bonds. The van der Waals surface area contributed by atoms with Gasteiger partial charge >= 0.3 is 5.97 Å². The van der Waals surface area contributed by atoms with E-state index in [1.54, 1.807) is 0 Å². The Kier molecular flexibility index (Phi) is 8.92. The summed E-state index contributed by atoms with van der Waals surface area (Å²) in [4.78, 5) is 36.1. The number of hydrogen-bond acceptors (Lipinski definition) is 10. The molecular formula is C23H24N2O10. The zero-order chi connectivity index (χ0) is 26.1. The van der Waals surface area contributed by atoms with Gasteiger partial charge in [-0.2, -0.15) is 0 Å². The Hall–Kier alpha value is -4.87. The summed E-state index contributed by atoms with van der Waals surface area (Å²) < 4.78 is 4.65. The molecule has 0 aromatic heterocycles. The Morgan fingerprint density at radius 2 is 1.23 bits per heavy atom. The van der Waals surface area contributed by atoms with Gasteiger partial charge in [0.1, 0.15) is 6.04 Å². The highest BCUT2D eigenvalue weighted by Gasteiger charge is 2.20. The molecule has 0 saturated carbocycles. The third kappa shape index (κ3) is 7.60. The second-order valence-corrected chi connectivity index (χ2v) is 7.15. The van der Waals surface area contributed by atoms with Gasteiger partial charge in [0.05, 0.1) is 7.11 Å². The minimum Gasteiger partial charge on any atom is -0.504 e. The van der Waals surface area contributed by atoms with E-state index in [2.05, 4.69) is 15.4 Å². The Morgan fingerprint density at radius 3 is 1.66 bits per heavy atom. The van der Waals surface area contributed by atoms with Gasteiger partial charge in [-0.25, -0.2) is 4.79 Å². The molecule has 0 heterocycles. The number of phenolic OH excluding ortho intramolecular Hbond substituents is 6. The molecule has 8 N–H and O–H groups in total. The number of benzene rings is 2. The van der Waals surface area contributed by atoms with E-state index in [-0.39, 0.29) is 24.1 Å². The maximum Gasteiger partial charge on any atom is 0.328 e. The second kappa shape index (κ2) is 11.8. The van der Waals surface area contributed by atoms with Crippen molar-refractivity contribution in [1.29, 1.82) is 0 Å². The summed E-state index contributed by atoms with van der Waals surface area (Å²) in [5.74, 6) is -5.70. The van der Waals surface area contributed by atoms with Crippen molar-refractivity contribution in [1.82, 2.24) is 10.6 Å². The smallest absolute Gasteiger partial charge is 0.328 e. The van der Waals surface area contributed by atoms with Crippen LogP contribution in [0.4, 0.5) is 0 Å². The number of aromatic hydroxyl groups is 6. The lowest BCUT2D eigenvalue weighted by molar-refractivity contribution is -0.144. The van der Waals surface area contributed by atoms with Crippen molar-refractivity contribution in [3.05, 3.63) is 47.5 Å². The third-order valence-electron chi connectivity index (χ3n) is 4.57. The van der Waals surface area contributed by atoms with Crippen LogP contribution in [0, 0.1) is 0 Å². The lowest BCUT2D eigenvalue weighted by Gasteiger charge is -2.15. The maximum absolute atomic E-state index is 12.2. The molecule has 1 unspecified atom stereocenters. The van der Waals surface area contributed by atoms with Crippen LogP contribution in [-0.4, -0.2) is 68.1 Å². The fourth-order valence-electron chi connectivity index (χ4n) is 2.80. The van der Waals surface area contributed by atoms with Crippen LogP contribution in [0.2, 0.25) is 0 Å². The molecule has 0 aliphatic carbocycles. The van der Waals surface area contributed by atoms with Gasteiger partial charge in [-0.05, 0) is 54.0 Å². The van der Waals surface area contributed by atoms with Gasteiger partial charge < -0.3 is 46.0 Å². The van der Waals surface area contributed by atoms with Gasteiger partial charge in [-0.3, -0.25) is 9.59 Å². The average Bonchev–Trinajstić information content (AvgIpc) is 2.81. The summed E-state index contributed by atoms with van der Waals surface area (Å²) in [6.45, 7) is -0.0290. The quantitative estimate of drug-likeness (QED) is 0.142. The van der Waals surface area contributed by atoms with Gasteiger partial charge in [0, 0.05) is 18.7 Å². The first-order valence-corrected chi connectivity index (χ1v) is 10.0. The molecule has 2 aromatic carbocycles. The highest BCUT2D eigenvalue weighted by Crippen LogP contribution is 2.36. The standard InChI is InChI=1S/C23H24N2O10/c1-35-23(34)14(25-20(31)5-3-13-10-17(28)22(33)18(29)11-13)6-7-24-19(30)4-2-12-8-15(26)21(32)16(27)9-12/h2-5,8-11,14,26-29,32-33H,6-7H2,1H3,(H,24,30)(H,25,31)/b4-2+,5-3+. The van der Waals surface area contributed by atoms with Gasteiger partial charge in [-0.1, -0.05) is 0 Å². The van der Waals surface area contributed by atoms with Gasteiger partial charge in [0.25, 0.3) is 0 Å². The SMILES string of the molecule is COC(=O)C(CCNC(=O)/C=C/c1cc(O)c(O)c(O)c1)NC(=O)/C=C/c1cc(O)c(O)c(O)c1. The normalized spacial score (nSPS) is 11.9. The second-order valence-electron chi connectivity index (χ2n) is 7.15. The molecule has 0 aliphatic rings. The number of rotatable bonds is 9. The third-order valence-corrected chi connectivity index (χ3v) is 4.57. The number of esters is 1. The molecule has 0 spiro atoms. The molecule has 2 aromatic rings. The topological polar surface area (TPSA) is 206 Å². The lowest BCUT2D eigenvalue weighted by atomic mass is 10.1. The van der Waals surface area contributed by atoms with Crippen molar-refractivity contribution in [3.63, 3.8) is 0 Å². The van der Waals surface area contributed by atoms with Gasteiger partial charge in [0.15, 0.2) is 34.5 Å². The minimum atomic E-state index is -1.10. The number of carbonyl (C=O) groups excluding carboxylic acids is 3. The number of carbonyl (C=O) groups is 3. The largest absolute Gasteiger partial charge is 0.504 e. The molecule has 186 valence electrons. The van der Waals surface area contributed by atoms with Crippen LogP contribution >= 0.6 is 0 Å². The predicted octanol–water partition coefficient (Wildman–Crippen LogP) is 0.811. The fourth-order valence-corrected chi connectivity index (χ4v) is 2.80. The zero-order valence-electron chi connectivity index (χ0n) is 18.4. The van der Waals surface area contributed by atoms with Crippen LogP contribution in [0.1, 0.15) is 17.5 Å². The zero-order valence-corrected chi connectivity index (χ0v) is 18.4. The molecule has 2 rings (SSSR count). The first-order valence-electron chi connectivity index (χ1n) is 10.0. The summed E-state index contributed by atoms with van der Waals surface area (Å²) in [7, 11) is 1.13. The van der Waals surface area contributed by atoms with Crippen LogP contribution in [0.15, 0.2) is 36.4 Å². The molecule has 1 atom stereocenters. The maximum atomic E-state index is 12.2. The van der Waals surface area contributed by atoms with E-state index >= 15 is 0 Å². The Bertz CT molecular complexity index is 1130. The van der Waals surface area contributed by atoms with E-state index in [1.807, 2.05) is 0 Å². The van der Waals surface area contributed by atoms with Crippen LogP contribution in [0.25, 0.3) is 12.2 Å². The number of amides is 2. The van der Waals surface area contributed by atoms with Crippen molar-refractivity contribution in [2.24, 2.45) is 0 Å².